The van der Waals surface area contributed by atoms with E-state index in [0.717, 1.165) is 61.7 Å². The van der Waals surface area contributed by atoms with Gasteiger partial charge in [0.15, 0.2) is 5.54 Å². The fraction of sp³-hybridized carbons (Fsp3) is 0.303. The molecule has 15 heteroatoms. The summed E-state index contributed by atoms with van der Waals surface area (Å²) in [6.07, 6.45) is 11.2. The van der Waals surface area contributed by atoms with Crippen molar-refractivity contribution < 1.29 is 62.4 Å². The summed E-state index contributed by atoms with van der Waals surface area (Å²) >= 11 is 3.30. The molecule has 0 bridgehead atoms. The van der Waals surface area contributed by atoms with E-state index in [9.17, 15) is 29.4 Å². The van der Waals surface area contributed by atoms with Crippen LogP contribution in [0.15, 0.2) is 205 Å². The molecule has 0 aliphatic carbocycles. The van der Waals surface area contributed by atoms with Gasteiger partial charge in [-0.2, -0.15) is 0 Å². The van der Waals surface area contributed by atoms with Crippen LogP contribution in [0.5, 0.6) is 0 Å². The topological polar surface area (TPSA) is 168 Å². The smallest absolute Gasteiger partial charge is 0.625 e. The van der Waals surface area contributed by atoms with Gasteiger partial charge in [-0.05, 0) is 107 Å². The van der Waals surface area contributed by atoms with Crippen LogP contribution in [-0.4, -0.2) is 97.3 Å². The minimum absolute atomic E-state index is 0. The van der Waals surface area contributed by atoms with Crippen LogP contribution in [-0.2, 0) is 65.3 Å². The predicted octanol–water partition coefficient (Wildman–Crippen LogP) is 14.5. The Morgan fingerprint density at radius 3 is 1.42 bits per heavy atom. The first-order valence-corrected chi connectivity index (χ1v) is 28.3. The second-order valence-electron chi connectivity index (χ2n) is 19.7. The Balaban J connectivity index is 0.000000311. The number of aliphatic carboxylic acids is 2. The molecule has 8 rings (SSSR count). The Morgan fingerprint density at radius 1 is 0.617 bits per heavy atom. The second-order valence-corrected chi connectivity index (χ2v) is 20.5. The quantitative estimate of drug-likeness (QED) is 0.0210. The van der Waals surface area contributed by atoms with E-state index in [4.69, 9.17) is 4.99 Å². The molecule has 0 spiro atoms. The summed E-state index contributed by atoms with van der Waals surface area (Å²) in [7, 11) is 0. The molecule has 6 aromatic rings. The molecule has 2 amide bonds. The number of para-hydroxylation sites is 2. The molecule has 2 fully saturated rings. The minimum atomic E-state index is -1.34. The van der Waals surface area contributed by atoms with Crippen LogP contribution < -0.4 is 0 Å². The van der Waals surface area contributed by atoms with Crippen molar-refractivity contribution >= 4 is 62.5 Å². The van der Waals surface area contributed by atoms with Crippen molar-refractivity contribution in [1.29, 1.82) is 0 Å². The van der Waals surface area contributed by atoms with Gasteiger partial charge in [0, 0.05) is 29.5 Å². The van der Waals surface area contributed by atoms with E-state index in [1.807, 2.05) is 140 Å². The van der Waals surface area contributed by atoms with Gasteiger partial charge in [0.05, 0.1) is 35.3 Å². The van der Waals surface area contributed by atoms with Gasteiger partial charge >= 0.3 is 44.9 Å². The Kier molecular flexibility index (Phi) is 29.2. The first-order chi connectivity index (χ1) is 38.3. The summed E-state index contributed by atoms with van der Waals surface area (Å²) in [5.41, 5.74) is 5.84. The van der Waals surface area contributed by atoms with Crippen LogP contribution in [0.4, 0.5) is 11.4 Å². The number of benzene rings is 6. The summed E-state index contributed by atoms with van der Waals surface area (Å²) < 4.78 is 0. The minimum Gasteiger partial charge on any atom is -0.625 e. The largest absolute Gasteiger partial charge is 2.00 e. The molecule has 12 nitrogen and oxygen atoms in total. The van der Waals surface area contributed by atoms with Crippen LogP contribution in [0.2, 0.25) is 0 Å². The number of likely N-dealkylation sites (tertiary alicyclic amines) is 2. The Bertz CT molecular complexity index is 2990. The van der Waals surface area contributed by atoms with Gasteiger partial charge in [-0.3, -0.25) is 19.8 Å². The molecule has 0 saturated carbocycles. The summed E-state index contributed by atoms with van der Waals surface area (Å²) in [6.45, 7) is 13.6. The van der Waals surface area contributed by atoms with E-state index >= 15 is 0 Å². The first kappa shape index (κ1) is 66.9. The molecule has 6 aromatic carbocycles. The standard InChI is InChI=1S/C33H37N3O3.C28H29N3O3.C5H9Br.2Ni/c1-3-4-13-22-33(2,32(38)39)35-30(26-17-9-6-10-18-26)27-19-11-12-20-28(27)34-31(37)29-21-14-23-36(29)24-25-15-7-5-8-16-25;1-20(28(33)34)29-26(22-13-6-3-7-14-22)23-15-8-9-16-24(23)30-27(32)25-17-10-18-31(25)19-21-11-4-2-5-12-21;1-2-3-4-5-6;;/h3,5-12,15-20,29H,1,4,13-14,21-24H2,2H3,(H2,34,35,37,38,39);2-9,11-16,20,25H,10,17-19H2,1H3,(H2,29,30,32,33,34);2H,1,3-5H2;;/q;;;2*+2/p-2/t29?,33-;20-,25?;;;/m00.../s1. The van der Waals surface area contributed by atoms with Crippen LogP contribution in [0.25, 0.3) is 10.6 Å². The number of carboxylic acid groups (broad SMARTS) is 2. The fourth-order valence-electron chi connectivity index (χ4n) is 9.45. The van der Waals surface area contributed by atoms with Crippen molar-refractivity contribution in [2.24, 2.45) is 9.98 Å². The number of nitrogens with zero attached hydrogens (tertiary/aromatic N) is 6. The third-order valence-corrected chi connectivity index (χ3v) is 14.3. The molecule has 2 heterocycles. The average Bonchev–Trinajstić information content (AvgIpc) is 4.15. The molecule has 0 aromatic heterocycles. The summed E-state index contributed by atoms with van der Waals surface area (Å²) in [5, 5.41) is 29.8. The van der Waals surface area contributed by atoms with Gasteiger partial charge in [-0.1, -0.05) is 198 Å². The number of carbonyl (C=O) groups excluding carboxylic acids is 2. The van der Waals surface area contributed by atoms with Crippen LogP contribution in [0.3, 0.4) is 0 Å². The number of unbranched alkanes of at least 4 members (excludes halogenated alkanes) is 2. The van der Waals surface area contributed by atoms with E-state index in [1.54, 1.807) is 25.1 Å². The number of rotatable bonds is 23. The zero-order chi connectivity index (χ0) is 56.4. The fourth-order valence-corrected chi connectivity index (χ4v) is 9.77. The van der Waals surface area contributed by atoms with E-state index in [0.29, 0.717) is 66.3 Å². The Morgan fingerprint density at radius 2 is 1.01 bits per heavy atom. The number of allylic oxidation sites excluding steroid dienone is 2. The molecule has 428 valence electrons. The van der Waals surface area contributed by atoms with Crippen LogP contribution in [0, 0.1) is 0 Å². The monoisotopic (exact) mass is 1240 g/mol. The van der Waals surface area contributed by atoms with Gasteiger partial charge in [0.1, 0.15) is 6.04 Å². The zero-order valence-corrected chi connectivity index (χ0v) is 49.6. The third-order valence-electron chi connectivity index (χ3n) is 13.7. The van der Waals surface area contributed by atoms with E-state index in [-0.39, 0.29) is 56.9 Å². The number of carbonyl (C=O) groups is 4. The number of halogens is 1. The normalized spacial score (nSPS) is 16.2. The average molecular weight is 1240 g/mol. The maximum Gasteiger partial charge on any atom is 2.00 e. The summed E-state index contributed by atoms with van der Waals surface area (Å²) in [5.74, 6) is -2.37. The molecule has 0 radical (unpaired) electrons. The van der Waals surface area contributed by atoms with Crippen molar-refractivity contribution in [2.75, 3.05) is 18.4 Å². The zero-order valence-electron chi connectivity index (χ0n) is 46.1. The van der Waals surface area contributed by atoms with Crippen molar-refractivity contribution in [3.63, 3.8) is 0 Å². The van der Waals surface area contributed by atoms with Crippen LogP contribution >= 0.6 is 15.9 Å². The van der Waals surface area contributed by atoms with Gasteiger partial charge in [-0.15, -0.1) is 24.5 Å². The molecular weight excluding hydrogens is 1170 g/mol. The Hall–Kier alpha value is -6.59. The van der Waals surface area contributed by atoms with Crippen molar-refractivity contribution in [2.45, 2.75) is 108 Å². The molecule has 2 unspecified atom stereocenters. The number of amides is 2. The molecule has 2 aliphatic heterocycles. The molecular formula is C66H73BrN6Ni2O6+2. The van der Waals surface area contributed by atoms with Crippen molar-refractivity contribution in [1.82, 2.24) is 9.80 Å². The molecule has 4 atom stereocenters. The molecule has 81 heavy (non-hydrogen) atoms. The molecule has 2 aliphatic rings. The maximum atomic E-state index is 13.5. The number of aliphatic imine (C=N–C) groups is 2. The van der Waals surface area contributed by atoms with Crippen molar-refractivity contribution in [3.8, 4) is 0 Å². The number of carboxylic acids is 2. The van der Waals surface area contributed by atoms with Crippen LogP contribution in [0.1, 0.15) is 105 Å². The molecule has 2 saturated heterocycles. The number of alkyl halides is 1. The third kappa shape index (κ3) is 20.4. The van der Waals surface area contributed by atoms with Gasteiger partial charge in [0.25, 0.3) is 0 Å². The number of hydrogen-bond donors (Lipinski definition) is 2. The number of hydrogen-bond acceptors (Lipinski definition) is 8. The Labute approximate surface area is 507 Å². The summed E-state index contributed by atoms with van der Waals surface area (Å²) in [4.78, 5) is 64.5. The van der Waals surface area contributed by atoms with Crippen molar-refractivity contribution in [3.05, 3.63) is 239 Å². The first-order valence-electron chi connectivity index (χ1n) is 27.1. The van der Waals surface area contributed by atoms with Gasteiger partial charge in [-0.25, -0.2) is 9.59 Å². The van der Waals surface area contributed by atoms with Gasteiger partial charge in [0.2, 0.25) is 0 Å². The SMILES string of the molecule is C=CCCCBr.C=CCCC[C@](C)(N=C(c1ccccc1)c1ccccc1[N-]C(=O)C1CCCN1Cc1ccccc1)C(=O)O.C[C@H](N=C(c1ccccc1)c1ccccc1[N-]C(=O)C1CCCN1Cc1ccccc1)C(=O)O.[Ni+2].[Ni+2]. The van der Waals surface area contributed by atoms with E-state index in [1.165, 1.54) is 24.5 Å². The van der Waals surface area contributed by atoms with E-state index in [2.05, 4.69) is 78.8 Å². The van der Waals surface area contributed by atoms with Gasteiger partial charge < -0.3 is 30.4 Å². The molecule has 2 N–H and O–H groups in total. The predicted molar refractivity (Wildman–Crippen MR) is 323 cm³/mol. The maximum absolute atomic E-state index is 13.5. The second kappa shape index (κ2) is 35.3. The summed E-state index contributed by atoms with van der Waals surface area (Å²) in [6, 6.07) is 52.4. The van der Waals surface area contributed by atoms with E-state index < -0.39 is 23.5 Å².